The van der Waals surface area contributed by atoms with Crippen molar-refractivity contribution in [2.45, 2.75) is 19.9 Å². The number of tetrazole rings is 1. The minimum Gasteiger partial charge on any atom is -0.468 e. The first kappa shape index (κ1) is 17.8. The number of carbonyl (C=O) groups is 1. The molecular formula is C18H22N6O2. The highest BCUT2D eigenvalue weighted by Crippen LogP contribution is 2.20. The molecule has 0 bridgehead atoms. The summed E-state index contributed by atoms with van der Waals surface area (Å²) in [6.45, 7) is 6.38. The van der Waals surface area contributed by atoms with Crippen LogP contribution in [0.2, 0.25) is 0 Å². The van der Waals surface area contributed by atoms with E-state index in [2.05, 4.69) is 39.6 Å². The molecule has 2 heterocycles. The van der Waals surface area contributed by atoms with Gasteiger partial charge in [0.05, 0.1) is 18.0 Å². The van der Waals surface area contributed by atoms with E-state index < -0.39 is 0 Å². The smallest absolute Gasteiger partial charge is 0.251 e. The quantitative estimate of drug-likeness (QED) is 0.666. The van der Waals surface area contributed by atoms with Crippen molar-refractivity contribution in [2.24, 2.45) is 0 Å². The fraction of sp³-hybridized carbons (Fsp3) is 0.333. The Hall–Kier alpha value is -3.00. The van der Waals surface area contributed by atoms with Crippen LogP contribution in [0.1, 0.15) is 36.0 Å². The van der Waals surface area contributed by atoms with Gasteiger partial charge >= 0.3 is 0 Å². The molecule has 2 aromatic heterocycles. The average molecular weight is 354 g/mol. The van der Waals surface area contributed by atoms with Crippen LogP contribution < -0.4 is 5.32 Å². The van der Waals surface area contributed by atoms with E-state index in [9.17, 15) is 4.79 Å². The van der Waals surface area contributed by atoms with Crippen molar-refractivity contribution in [1.29, 1.82) is 0 Å². The number of hydrogen-bond acceptors (Lipinski definition) is 6. The molecule has 1 aromatic carbocycles. The van der Waals surface area contributed by atoms with Crippen molar-refractivity contribution in [3.05, 3.63) is 60.3 Å². The summed E-state index contributed by atoms with van der Waals surface area (Å²) in [6, 6.07) is 11.0. The van der Waals surface area contributed by atoms with Crippen LogP contribution >= 0.6 is 0 Å². The Morgan fingerprint density at radius 2 is 2.12 bits per heavy atom. The van der Waals surface area contributed by atoms with Gasteiger partial charge in [-0.25, -0.2) is 4.68 Å². The first-order chi connectivity index (χ1) is 12.7. The molecule has 1 N–H and O–H groups in total. The lowest BCUT2D eigenvalue weighted by Gasteiger charge is -2.28. The van der Waals surface area contributed by atoms with Gasteiger partial charge in [-0.1, -0.05) is 19.9 Å². The lowest BCUT2D eigenvalue weighted by atomic mass is 10.1. The number of aromatic nitrogens is 4. The van der Waals surface area contributed by atoms with Crippen LogP contribution in [-0.4, -0.2) is 50.6 Å². The standard InChI is InChI=1S/C18H22N6O2/c1-3-23(4-2)16(17-9-6-10-26-17)12-19-18(25)14-7-5-8-15(11-14)24-13-20-21-22-24/h5-11,13,16H,3-4,12H2,1-2H3,(H,19,25)/t16-/m0/s1. The Morgan fingerprint density at radius 3 is 2.77 bits per heavy atom. The summed E-state index contributed by atoms with van der Waals surface area (Å²) >= 11 is 0. The number of likely N-dealkylation sites (N-methyl/N-ethyl adjacent to an activating group) is 1. The largest absolute Gasteiger partial charge is 0.468 e. The minimum atomic E-state index is -0.149. The zero-order valence-electron chi connectivity index (χ0n) is 14.9. The molecule has 0 radical (unpaired) electrons. The summed E-state index contributed by atoms with van der Waals surface area (Å²) in [4.78, 5) is 14.9. The van der Waals surface area contributed by atoms with Gasteiger partial charge < -0.3 is 9.73 Å². The van der Waals surface area contributed by atoms with Gasteiger partial charge in [0, 0.05) is 12.1 Å². The number of amides is 1. The molecule has 1 amide bonds. The Bertz CT molecular complexity index is 812. The topological polar surface area (TPSA) is 89.1 Å². The van der Waals surface area contributed by atoms with Gasteiger partial charge in [-0.3, -0.25) is 9.69 Å². The van der Waals surface area contributed by atoms with Gasteiger partial charge in [0.1, 0.15) is 12.1 Å². The number of nitrogens with zero attached hydrogens (tertiary/aromatic N) is 5. The summed E-state index contributed by atoms with van der Waals surface area (Å²) in [5.74, 6) is 0.695. The van der Waals surface area contributed by atoms with Crippen molar-refractivity contribution < 1.29 is 9.21 Å². The third-order valence-electron chi connectivity index (χ3n) is 4.30. The summed E-state index contributed by atoms with van der Waals surface area (Å²) in [6.07, 6.45) is 3.15. The first-order valence-corrected chi connectivity index (χ1v) is 8.62. The first-order valence-electron chi connectivity index (χ1n) is 8.62. The molecule has 0 aliphatic rings. The number of hydrogen-bond donors (Lipinski definition) is 1. The average Bonchev–Trinajstić information content (AvgIpc) is 3.39. The molecule has 0 fully saturated rings. The normalized spacial score (nSPS) is 12.3. The summed E-state index contributed by atoms with van der Waals surface area (Å²) in [7, 11) is 0. The molecule has 8 nitrogen and oxygen atoms in total. The van der Waals surface area contributed by atoms with Crippen molar-refractivity contribution in [3.8, 4) is 5.69 Å². The molecule has 0 unspecified atom stereocenters. The predicted octanol–water partition coefficient (Wildman–Crippen LogP) is 2.07. The summed E-state index contributed by atoms with van der Waals surface area (Å²) < 4.78 is 7.08. The fourth-order valence-electron chi connectivity index (χ4n) is 2.92. The Balaban J connectivity index is 1.72. The molecule has 0 saturated carbocycles. The Labute approximate surface area is 151 Å². The van der Waals surface area contributed by atoms with Crippen LogP contribution in [0.3, 0.4) is 0 Å². The number of nitrogens with one attached hydrogen (secondary N) is 1. The van der Waals surface area contributed by atoms with Crippen LogP contribution in [0, 0.1) is 0 Å². The highest BCUT2D eigenvalue weighted by molar-refractivity contribution is 5.94. The Morgan fingerprint density at radius 1 is 1.27 bits per heavy atom. The van der Waals surface area contributed by atoms with Crippen LogP contribution in [0.5, 0.6) is 0 Å². The maximum absolute atomic E-state index is 12.6. The SMILES string of the molecule is CCN(CC)[C@@H](CNC(=O)c1cccc(-n2cnnn2)c1)c1ccco1. The zero-order chi connectivity index (χ0) is 18.4. The lowest BCUT2D eigenvalue weighted by Crippen LogP contribution is -2.37. The maximum atomic E-state index is 12.6. The Kier molecular flexibility index (Phi) is 5.75. The zero-order valence-corrected chi connectivity index (χ0v) is 14.9. The number of benzene rings is 1. The molecule has 3 aromatic rings. The van der Waals surface area contributed by atoms with E-state index >= 15 is 0 Å². The van der Waals surface area contributed by atoms with Gasteiger partial charge in [0.15, 0.2) is 0 Å². The number of rotatable bonds is 8. The molecular weight excluding hydrogens is 332 g/mol. The molecule has 0 aliphatic carbocycles. The molecule has 0 spiro atoms. The number of furan rings is 1. The second-order valence-corrected chi connectivity index (χ2v) is 5.77. The van der Waals surface area contributed by atoms with Gasteiger partial charge in [0.25, 0.3) is 5.91 Å². The highest BCUT2D eigenvalue weighted by atomic mass is 16.3. The van der Waals surface area contributed by atoms with Crippen molar-refractivity contribution in [2.75, 3.05) is 19.6 Å². The van der Waals surface area contributed by atoms with Crippen LogP contribution in [0.15, 0.2) is 53.4 Å². The fourth-order valence-corrected chi connectivity index (χ4v) is 2.92. The van der Waals surface area contributed by atoms with E-state index in [1.807, 2.05) is 18.2 Å². The summed E-state index contributed by atoms with van der Waals surface area (Å²) in [5, 5.41) is 14.1. The second-order valence-electron chi connectivity index (χ2n) is 5.77. The van der Waals surface area contributed by atoms with Crippen molar-refractivity contribution in [1.82, 2.24) is 30.4 Å². The van der Waals surface area contributed by atoms with E-state index in [0.717, 1.165) is 24.5 Å². The minimum absolute atomic E-state index is 0.00773. The number of carbonyl (C=O) groups excluding carboxylic acids is 1. The van der Waals surface area contributed by atoms with Crippen molar-refractivity contribution in [3.63, 3.8) is 0 Å². The molecule has 8 heteroatoms. The third kappa shape index (κ3) is 3.97. The molecule has 1 atom stereocenters. The van der Waals surface area contributed by atoms with E-state index in [-0.39, 0.29) is 11.9 Å². The van der Waals surface area contributed by atoms with E-state index in [1.54, 1.807) is 24.5 Å². The van der Waals surface area contributed by atoms with Crippen LogP contribution in [0.4, 0.5) is 0 Å². The molecule has 26 heavy (non-hydrogen) atoms. The molecule has 136 valence electrons. The van der Waals surface area contributed by atoms with E-state index in [4.69, 9.17) is 4.42 Å². The second kappa shape index (κ2) is 8.39. The van der Waals surface area contributed by atoms with Gasteiger partial charge in [0.2, 0.25) is 0 Å². The summed E-state index contributed by atoms with van der Waals surface area (Å²) in [5.41, 5.74) is 1.28. The monoisotopic (exact) mass is 354 g/mol. The van der Waals surface area contributed by atoms with Gasteiger partial charge in [-0.05, 0) is 53.8 Å². The van der Waals surface area contributed by atoms with E-state index in [0.29, 0.717) is 12.1 Å². The van der Waals surface area contributed by atoms with Crippen LogP contribution in [0.25, 0.3) is 5.69 Å². The maximum Gasteiger partial charge on any atom is 0.251 e. The third-order valence-corrected chi connectivity index (χ3v) is 4.30. The predicted molar refractivity (Wildman–Crippen MR) is 95.9 cm³/mol. The van der Waals surface area contributed by atoms with Gasteiger partial charge in [-0.15, -0.1) is 5.10 Å². The van der Waals surface area contributed by atoms with Crippen LogP contribution in [-0.2, 0) is 0 Å². The molecule has 0 aliphatic heterocycles. The van der Waals surface area contributed by atoms with Crippen molar-refractivity contribution >= 4 is 5.91 Å². The molecule has 3 rings (SSSR count). The van der Waals surface area contributed by atoms with E-state index in [1.165, 1.54) is 11.0 Å². The lowest BCUT2D eigenvalue weighted by molar-refractivity contribution is 0.0929. The van der Waals surface area contributed by atoms with Gasteiger partial charge in [-0.2, -0.15) is 0 Å². The highest BCUT2D eigenvalue weighted by Gasteiger charge is 2.21. The molecule has 0 saturated heterocycles.